The number of hydrogen-bond donors (Lipinski definition) is 0. The van der Waals surface area contributed by atoms with E-state index in [1.807, 2.05) is 18.2 Å². The van der Waals surface area contributed by atoms with Crippen molar-refractivity contribution in [2.24, 2.45) is 0 Å². The van der Waals surface area contributed by atoms with Gasteiger partial charge in [-0.25, -0.2) is 0 Å². The lowest BCUT2D eigenvalue weighted by Crippen LogP contribution is -2.04. The SMILES string of the molecule is Cc1ccccc1-c1ccc2c(c1)c1cc(-c3ccccc3C)ccc1n2-c1cc(-c2cccc(C#N)c2)c(-n2c3ccc(-c4ccccc4C)cc3c3cc(-c4ccccc4C)ccc32)cc1C#N. The van der Waals surface area contributed by atoms with Crippen LogP contribution in [-0.4, -0.2) is 9.13 Å². The summed E-state index contributed by atoms with van der Waals surface area (Å²) in [4.78, 5) is 0. The fraction of sp³-hybridized carbons (Fsp3) is 0.0606. The Morgan fingerprint density at radius 2 is 0.657 bits per heavy atom. The number of aromatic nitrogens is 2. The summed E-state index contributed by atoms with van der Waals surface area (Å²) in [6.45, 7) is 8.64. The van der Waals surface area contributed by atoms with Gasteiger partial charge in [-0.15, -0.1) is 0 Å². The maximum Gasteiger partial charge on any atom is 0.101 e. The average Bonchev–Trinajstić information content (AvgIpc) is 3.90. The molecule has 0 saturated carbocycles. The highest BCUT2D eigenvalue weighted by molar-refractivity contribution is 6.14. The molecule has 0 unspecified atom stereocenters. The number of fused-ring (bicyclic) bond motifs is 6. The van der Waals surface area contributed by atoms with Crippen molar-refractivity contribution in [1.29, 1.82) is 10.5 Å². The number of nitrogens with zero attached hydrogens (tertiary/aromatic N) is 4. The van der Waals surface area contributed by atoms with E-state index in [9.17, 15) is 10.5 Å². The van der Waals surface area contributed by atoms with Gasteiger partial charge in [-0.2, -0.15) is 10.5 Å². The first-order chi connectivity index (χ1) is 34.3. The van der Waals surface area contributed by atoms with Crippen LogP contribution >= 0.6 is 0 Å². The molecule has 10 aromatic carbocycles. The first-order valence-electron chi connectivity index (χ1n) is 23.8. The summed E-state index contributed by atoms with van der Waals surface area (Å²) in [5.41, 5.74) is 22.7. The fourth-order valence-electron chi connectivity index (χ4n) is 10.8. The van der Waals surface area contributed by atoms with E-state index in [2.05, 4.69) is 237 Å². The average molecular weight is 895 g/mol. The van der Waals surface area contributed by atoms with E-state index < -0.39 is 0 Å². The molecule has 2 heterocycles. The molecule has 330 valence electrons. The van der Waals surface area contributed by atoms with Gasteiger partial charge in [0.2, 0.25) is 0 Å². The zero-order chi connectivity index (χ0) is 47.6. The normalized spacial score (nSPS) is 11.4. The summed E-state index contributed by atoms with van der Waals surface area (Å²) in [5.74, 6) is 0. The van der Waals surface area contributed by atoms with Gasteiger partial charge >= 0.3 is 0 Å². The van der Waals surface area contributed by atoms with E-state index in [0.717, 1.165) is 88.4 Å². The van der Waals surface area contributed by atoms with Crippen LogP contribution in [-0.2, 0) is 0 Å². The van der Waals surface area contributed by atoms with Crippen molar-refractivity contribution in [3.8, 4) is 79.1 Å². The van der Waals surface area contributed by atoms with Crippen LogP contribution in [0.15, 0.2) is 206 Å². The minimum Gasteiger partial charge on any atom is -0.309 e. The van der Waals surface area contributed by atoms with Crippen molar-refractivity contribution in [3.63, 3.8) is 0 Å². The Morgan fingerprint density at radius 1 is 0.300 bits per heavy atom. The molecule has 0 N–H and O–H groups in total. The summed E-state index contributed by atoms with van der Waals surface area (Å²) >= 11 is 0. The number of hydrogen-bond acceptors (Lipinski definition) is 2. The Bertz CT molecular complexity index is 4000. The van der Waals surface area contributed by atoms with Crippen LogP contribution in [0, 0.1) is 50.4 Å². The molecule has 0 aliphatic rings. The standard InChI is InChI=1S/C66H46N4/c1-41-14-5-9-20-52(41)47-24-28-61-57(33-47)58-34-48(53-21-10-6-15-42(53)2)25-29-62(58)69(61)65-38-56(46-19-13-18-45(32-46)39-67)66(37-51(65)40-68)70-63-30-26-49(54-22-11-7-16-43(54)3)35-59(63)60-36-50(27-31-64(60)70)55-23-12-8-17-44(55)4/h5-38H,1-4H3. The van der Waals surface area contributed by atoms with Crippen molar-refractivity contribution in [3.05, 3.63) is 240 Å². The molecule has 70 heavy (non-hydrogen) atoms. The predicted molar refractivity (Wildman–Crippen MR) is 291 cm³/mol. The highest BCUT2D eigenvalue weighted by atomic mass is 15.0. The van der Waals surface area contributed by atoms with E-state index in [4.69, 9.17) is 0 Å². The van der Waals surface area contributed by atoms with Gasteiger partial charge < -0.3 is 9.13 Å². The van der Waals surface area contributed by atoms with Gasteiger partial charge in [0.1, 0.15) is 6.07 Å². The molecule has 0 spiro atoms. The van der Waals surface area contributed by atoms with E-state index >= 15 is 0 Å². The van der Waals surface area contributed by atoms with Crippen molar-refractivity contribution >= 4 is 43.6 Å². The summed E-state index contributed by atoms with van der Waals surface area (Å²) < 4.78 is 4.59. The number of rotatable bonds is 7. The Kier molecular flexibility index (Phi) is 10.1. The lowest BCUT2D eigenvalue weighted by molar-refractivity contribution is 1.14. The zero-order valence-corrected chi connectivity index (χ0v) is 39.4. The molecular formula is C66H46N4. The number of aryl methyl sites for hydroxylation is 4. The molecule has 0 aliphatic carbocycles. The topological polar surface area (TPSA) is 57.4 Å². The smallest absolute Gasteiger partial charge is 0.101 e. The quantitative estimate of drug-likeness (QED) is 0.160. The molecule has 0 atom stereocenters. The van der Waals surface area contributed by atoms with Crippen LogP contribution < -0.4 is 0 Å². The van der Waals surface area contributed by atoms with E-state index in [0.29, 0.717) is 11.1 Å². The Hall–Kier alpha value is -9.22. The van der Waals surface area contributed by atoms with Crippen molar-refractivity contribution in [2.75, 3.05) is 0 Å². The van der Waals surface area contributed by atoms with Crippen molar-refractivity contribution < 1.29 is 0 Å². The van der Waals surface area contributed by atoms with Gasteiger partial charge in [0, 0.05) is 27.1 Å². The Labute approximate surface area is 407 Å². The van der Waals surface area contributed by atoms with Gasteiger partial charge in [0.25, 0.3) is 0 Å². The van der Waals surface area contributed by atoms with Crippen LogP contribution in [0.5, 0.6) is 0 Å². The molecule has 12 aromatic rings. The van der Waals surface area contributed by atoms with E-state index in [1.165, 1.54) is 44.5 Å². The molecule has 4 nitrogen and oxygen atoms in total. The second-order valence-electron chi connectivity index (χ2n) is 18.5. The number of benzene rings is 10. The molecule has 0 saturated heterocycles. The molecule has 0 bridgehead atoms. The third kappa shape index (κ3) is 6.89. The van der Waals surface area contributed by atoms with Crippen LogP contribution in [0.1, 0.15) is 33.4 Å². The lowest BCUT2D eigenvalue weighted by atomic mass is 9.97. The predicted octanol–water partition coefficient (Wildman–Crippen LogP) is 17.2. The lowest BCUT2D eigenvalue weighted by Gasteiger charge is -2.19. The maximum atomic E-state index is 11.5. The molecule has 12 rings (SSSR count). The van der Waals surface area contributed by atoms with Crippen molar-refractivity contribution in [1.82, 2.24) is 9.13 Å². The summed E-state index contributed by atoms with van der Waals surface area (Å²) in [7, 11) is 0. The highest BCUT2D eigenvalue weighted by Gasteiger charge is 2.24. The first kappa shape index (κ1) is 42.2. The maximum absolute atomic E-state index is 11.5. The molecule has 0 fully saturated rings. The zero-order valence-electron chi connectivity index (χ0n) is 39.4. The van der Waals surface area contributed by atoms with Crippen LogP contribution in [0.4, 0.5) is 0 Å². The molecular weight excluding hydrogens is 849 g/mol. The Balaban J connectivity index is 1.17. The fourth-order valence-corrected chi connectivity index (χ4v) is 10.8. The number of nitriles is 2. The van der Waals surface area contributed by atoms with Crippen LogP contribution in [0.3, 0.4) is 0 Å². The third-order valence-electron chi connectivity index (χ3n) is 14.4. The van der Waals surface area contributed by atoms with E-state index in [1.54, 1.807) is 0 Å². The van der Waals surface area contributed by atoms with Crippen molar-refractivity contribution in [2.45, 2.75) is 27.7 Å². The monoisotopic (exact) mass is 894 g/mol. The molecule has 2 aromatic heterocycles. The van der Waals surface area contributed by atoms with Gasteiger partial charge in [0.15, 0.2) is 0 Å². The highest BCUT2D eigenvalue weighted by Crippen LogP contribution is 2.44. The molecule has 0 amide bonds. The minimum atomic E-state index is 0.531. The minimum absolute atomic E-state index is 0.531. The van der Waals surface area contributed by atoms with E-state index in [-0.39, 0.29) is 0 Å². The van der Waals surface area contributed by atoms with Crippen LogP contribution in [0.2, 0.25) is 0 Å². The largest absolute Gasteiger partial charge is 0.309 e. The second-order valence-corrected chi connectivity index (χ2v) is 18.5. The molecule has 4 heteroatoms. The summed E-state index contributed by atoms with van der Waals surface area (Å²) in [6, 6.07) is 78.2. The van der Waals surface area contributed by atoms with Gasteiger partial charge in [-0.05, 0) is 173 Å². The van der Waals surface area contributed by atoms with Gasteiger partial charge in [-0.3, -0.25) is 0 Å². The molecule has 0 radical (unpaired) electrons. The second kappa shape index (κ2) is 16.8. The third-order valence-corrected chi connectivity index (χ3v) is 14.4. The van der Waals surface area contributed by atoms with Gasteiger partial charge in [-0.1, -0.05) is 133 Å². The summed E-state index contributed by atoms with van der Waals surface area (Å²) in [6.07, 6.45) is 0. The first-order valence-corrected chi connectivity index (χ1v) is 23.8. The summed E-state index contributed by atoms with van der Waals surface area (Å²) in [5, 5.41) is 26.2. The molecule has 0 aliphatic heterocycles. The van der Waals surface area contributed by atoms with Gasteiger partial charge in [0.05, 0.1) is 50.6 Å². The Morgan fingerprint density at radius 3 is 1.01 bits per heavy atom. The van der Waals surface area contributed by atoms with Crippen LogP contribution in [0.25, 0.3) is 111 Å².